The number of aliphatic hydroxyl groups is 20. The Bertz CT molecular complexity index is 2830. The molecule has 1 amide bonds. The summed E-state index contributed by atoms with van der Waals surface area (Å²) in [5, 5.41) is 232. The lowest BCUT2D eigenvalue weighted by Crippen LogP contribution is -3.19. The van der Waals surface area contributed by atoms with E-state index in [0.717, 1.165) is 0 Å². The average Bonchev–Trinajstić information content (AvgIpc) is 0.526. The molecule has 21 saturated heterocycles. The van der Waals surface area contributed by atoms with Gasteiger partial charge in [0.05, 0.1) is 57.6 Å². The molecule has 0 spiro atoms. The van der Waals surface area contributed by atoms with Crippen molar-refractivity contribution >= 4 is 11.9 Å². The van der Waals surface area contributed by atoms with Crippen molar-refractivity contribution in [2.75, 3.05) is 66.4 Å². The van der Waals surface area contributed by atoms with E-state index in [9.17, 15) is 112 Å². The largest absolute Gasteiger partial charge is 0.469 e. The summed E-state index contributed by atoms with van der Waals surface area (Å²) in [4.78, 5) is 26.7. The molecule has 100 heavy (non-hydrogen) atoms. The molecule has 22 N–H and O–H groups in total. The van der Waals surface area contributed by atoms with Crippen LogP contribution in [0.3, 0.4) is 0 Å². The molecule has 572 valence electrons. The molecule has 0 radical (unpaired) electrons. The third-order valence-corrected chi connectivity index (χ3v) is 24.6. The standard InChI is InChI=1S/C61H96N2O37/c1-58-48-24-25-47(59(58,2)61(25,48)57(85)86-3)60(24,58)56(84)63-9-7-5-4-6-8-62-10-17-40-26(70)33(77)49(87-17)95-41-18(11-64)89-51(35(79)28(41)72)97-43-20(13-66)91-53(37(81)30(43)74)99-45-22(15-68)93-55(39(83)32(45)76)100-46-23(16-69)92-54(38(82)31(46)75)98-44-21(14-67)90-52(36(80)29(44)73)96-42-19(12-65)88-50(94-40)34(78)27(42)71/h17-55,62,64-83H,4-16H2,1-3H3,(H,63,84)/t17-,18+,19-,20+,21-,22+,23-,24-,25-,26+,27+,28-,29+,30+,31+,32+,33+,34+,35-,36+,37-,38+,39+,40+,41+,42+,43+,44+,45+,46+,47-,48-,49+,50+,51+,52+,53+,54+,55+,58?,59-,60-,61-/m0/s1. The van der Waals surface area contributed by atoms with Gasteiger partial charge < -0.3 is 184 Å². The molecule has 0 aromatic carbocycles. The molecule has 39 heteroatoms. The van der Waals surface area contributed by atoms with Gasteiger partial charge in [0, 0.05) is 13.1 Å². The number of amides is 1. The summed E-state index contributed by atoms with van der Waals surface area (Å²) in [5.41, 5.74) is -1.38. The number of hydrogen-bond acceptors (Lipinski definition) is 38. The van der Waals surface area contributed by atoms with Gasteiger partial charge in [-0.15, -0.1) is 0 Å². The fourth-order valence-corrected chi connectivity index (χ4v) is 19.8. The molecule has 14 bridgehead atoms. The topological polar surface area (TPSA) is 601 Å². The van der Waals surface area contributed by atoms with Crippen molar-refractivity contribution < 1.29 is 183 Å². The quantitative estimate of drug-likeness (QED) is 0.0475. The first kappa shape index (κ1) is 75.8. The molecule has 0 aromatic rings. The summed E-state index contributed by atoms with van der Waals surface area (Å²) in [7, 11) is 1.41. The number of rotatable bonds is 17. The summed E-state index contributed by atoms with van der Waals surface area (Å²) in [6, 6.07) is 0. The first-order valence-electron chi connectivity index (χ1n) is 34.1. The van der Waals surface area contributed by atoms with Gasteiger partial charge in [-0.2, -0.15) is 0 Å². The maximum atomic E-state index is 13.8. The van der Waals surface area contributed by atoms with Gasteiger partial charge in [0.2, 0.25) is 5.91 Å². The van der Waals surface area contributed by atoms with Gasteiger partial charge in [-0.25, -0.2) is 0 Å². The number of nitrogens with one attached hydrogen (secondary N) is 2. The van der Waals surface area contributed by atoms with E-state index in [0.29, 0.717) is 32.2 Å². The fourth-order valence-electron chi connectivity index (χ4n) is 19.8. The fraction of sp³-hybridized carbons (Fsp3) is 0.967. The normalized spacial score (nSPS) is 56.1. The molecule has 39 nitrogen and oxygen atoms in total. The summed E-state index contributed by atoms with van der Waals surface area (Å²) < 4.78 is 87.2. The van der Waals surface area contributed by atoms with E-state index < -0.39 is 265 Å². The van der Waals surface area contributed by atoms with Gasteiger partial charge in [-0.05, 0) is 53.9 Å². The molecular weight excluding hydrogens is 1350 g/mol. The Labute approximate surface area is 570 Å². The van der Waals surface area contributed by atoms with E-state index in [4.69, 9.17) is 71.1 Å². The van der Waals surface area contributed by atoms with Crippen molar-refractivity contribution in [1.29, 1.82) is 0 Å². The van der Waals surface area contributed by atoms with Gasteiger partial charge in [0.15, 0.2) is 44.0 Å². The maximum Gasteiger partial charge on any atom is 0.313 e. The number of carbonyl (C=O) groups is 2. The van der Waals surface area contributed by atoms with Crippen LogP contribution in [0.25, 0.3) is 0 Å². The van der Waals surface area contributed by atoms with Crippen LogP contribution in [0.2, 0.25) is 0 Å². The lowest BCUT2D eigenvalue weighted by molar-refractivity contribution is -0.706. The van der Waals surface area contributed by atoms with Gasteiger partial charge in [0.1, 0.15) is 171 Å². The van der Waals surface area contributed by atoms with Crippen LogP contribution in [-0.4, -0.2) is 395 Å². The van der Waals surface area contributed by atoms with Crippen LogP contribution in [0.5, 0.6) is 0 Å². The SMILES string of the molecule is COC(=O)[C@]12[C@H]3[C@H]4[C@H]1C1(C)[C@]4(C(=O)NCCCCCCNC[C@@H]4O[C@@H]5O[C@H]6[C@@H](O)[C@H](O)[C@@H](O[C@H]7[C@H](O)[C@H](O)[C@@H](O[C@H]8[C@H](O)[C@@H](O)[C@@H](O[C@H]9[C@H](O)[C@@H](O)[C@@H](O[C@H]%10[C@H](O)[C@@H](O)[C@@H](O[C@H]%11[C@H](O)[C@@H](O)[C@@H](O[C@H]4[C@H](O)[C@H]5O)O[C@H]%11CO)O[C@H]%10CO)O[C@H]9CO)O[C@@H]8CO)O[C@@H]7CO)O[C@@H]6CO)[C@@H]3[C@@]12C. The van der Waals surface area contributed by atoms with Crippen LogP contribution in [0, 0.1) is 45.3 Å². The number of aliphatic hydroxyl groups excluding tert-OH is 20. The maximum absolute atomic E-state index is 13.8. The zero-order valence-corrected chi connectivity index (χ0v) is 54.6. The zero-order valence-electron chi connectivity index (χ0n) is 54.6. The highest BCUT2D eigenvalue weighted by atomic mass is 16.8. The van der Waals surface area contributed by atoms with Crippen LogP contribution in [0.1, 0.15) is 39.5 Å². The van der Waals surface area contributed by atoms with Crippen LogP contribution < -0.4 is 10.6 Å². The summed E-state index contributed by atoms with van der Waals surface area (Å²) in [6.45, 7) is -1.59. The van der Waals surface area contributed by atoms with Crippen molar-refractivity contribution in [3.63, 3.8) is 0 Å². The lowest BCUT2D eigenvalue weighted by atomic mass is 8.84. The van der Waals surface area contributed by atoms with Crippen molar-refractivity contribution in [2.45, 2.75) is 254 Å². The number of hydrogen-bond donors (Lipinski definition) is 22. The van der Waals surface area contributed by atoms with Crippen molar-refractivity contribution in [2.24, 2.45) is 45.3 Å². The highest BCUT2D eigenvalue weighted by molar-refractivity contribution is 6.01. The number of methoxy groups -OCH3 is 1. The molecule has 21 heterocycles. The van der Waals surface area contributed by atoms with Gasteiger partial charge in [0.25, 0.3) is 0 Å². The highest BCUT2D eigenvalue weighted by Gasteiger charge is 3.21. The minimum absolute atomic E-state index is 0.0281. The molecule has 1 unspecified atom stereocenters. The number of carbonyl (C=O) groups excluding carboxylic acids is 2. The van der Waals surface area contributed by atoms with Crippen LogP contribution in [0.4, 0.5) is 0 Å². The molecule has 27 fully saturated rings. The average molecular weight is 1450 g/mol. The van der Waals surface area contributed by atoms with E-state index in [1.54, 1.807) is 0 Å². The van der Waals surface area contributed by atoms with Crippen LogP contribution in [-0.2, 0) is 80.6 Å². The molecule has 6 aliphatic carbocycles. The molecule has 6 saturated carbocycles. The molecule has 21 aliphatic heterocycles. The highest BCUT2D eigenvalue weighted by Crippen LogP contribution is 3.18. The summed E-state index contributed by atoms with van der Waals surface area (Å²) in [5.74, 6) is 0.574. The smallest absolute Gasteiger partial charge is 0.313 e. The van der Waals surface area contributed by atoms with Gasteiger partial charge in [-0.1, -0.05) is 26.7 Å². The van der Waals surface area contributed by atoms with Crippen LogP contribution in [0.15, 0.2) is 0 Å². The molecule has 43 atom stereocenters. The van der Waals surface area contributed by atoms with E-state index in [1.165, 1.54) is 7.11 Å². The first-order valence-corrected chi connectivity index (χ1v) is 34.1. The Morgan fingerprint density at radius 2 is 0.570 bits per heavy atom. The Hall–Kier alpha value is -2.46. The Balaban J connectivity index is 0.711. The third kappa shape index (κ3) is 11.0. The Morgan fingerprint density at radius 3 is 0.830 bits per heavy atom. The van der Waals surface area contributed by atoms with Crippen molar-refractivity contribution in [3.8, 4) is 0 Å². The Kier molecular flexibility index (Phi) is 21.9. The van der Waals surface area contributed by atoms with Crippen molar-refractivity contribution in [1.82, 2.24) is 10.6 Å². The minimum Gasteiger partial charge on any atom is -0.469 e. The van der Waals surface area contributed by atoms with E-state index >= 15 is 0 Å². The Morgan fingerprint density at radius 1 is 0.330 bits per heavy atom. The van der Waals surface area contributed by atoms with Crippen molar-refractivity contribution in [3.05, 3.63) is 0 Å². The molecular formula is C61H96N2O37. The first-order chi connectivity index (χ1) is 47.7. The summed E-state index contributed by atoms with van der Waals surface area (Å²) >= 11 is 0. The van der Waals surface area contributed by atoms with E-state index in [-0.39, 0.29) is 59.5 Å². The molecule has 27 aliphatic rings. The number of esters is 1. The minimum atomic E-state index is -2.22. The van der Waals surface area contributed by atoms with Gasteiger partial charge >= 0.3 is 5.97 Å². The number of unbranched alkanes of at least 4 members (excludes halogenated alkanes) is 3. The predicted octanol–water partition coefficient (Wildman–Crippen LogP) is -13.3. The monoisotopic (exact) mass is 1450 g/mol. The second-order valence-electron chi connectivity index (χ2n) is 29.0. The van der Waals surface area contributed by atoms with Gasteiger partial charge in [-0.3, -0.25) is 9.59 Å². The third-order valence-electron chi connectivity index (χ3n) is 24.6. The summed E-state index contributed by atoms with van der Waals surface area (Å²) in [6.07, 6.45) is -67.4. The predicted molar refractivity (Wildman–Crippen MR) is 313 cm³/mol. The molecule has 27 rings (SSSR count). The molecule has 0 aromatic heterocycles. The lowest BCUT2D eigenvalue weighted by Gasteiger charge is -3.17. The second kappa shape index (κ2) is 28.9. The van der Waals surface area contributed by atoms with E-state index in [1.807, 2.05) is 0 Å². The van der Waals surface area contributed by atoms with E-state index in [2.05, 4.69) is 24.5 Å². The van der Waals surface area contributed by atoms with Crippen LogP contribution >= 0.6 is 0 Å². The number of ether oxygens (including phenoxy) is 15. The zero-order chi connectivity index (χ0) is 71.9. The second-order valence-corrected chi connectivity index (χ2v) is 29.0.